The molecule has 2 aliphatic rings. The van der Waals surface area contributed by atoms with E-state index < -0.39 is 12.2 Å². The Hall–Kier alpha value is -3.05. The van der Waals surface area contributed by atoms with Crippen LogP contribution in [0, 0.1) is 12.3 Å². The molecule has 8 nitrogen and oxygen atoms in total. The lowest BCUT2D eigenvalue weighted by molar-refractivity contribution is -0.189. The van der Waals surface area contributed by atoms with Gasteiger partial charge in [0.2, 0.25) is 11.8 Å². The molecule has 0 saturated carbocycles. The van der Waals surface area contributed by atoms with Crippen molar-refractivity contribution in [3.8, 4) is 12.3 Å². The van der Waals surface area contributed by atoms with E-state index in [1.54, 1.807) is 19.8 Å². The van der Waals surface area contributed by atoms with E-state index in [9.17, 15) is 14.4 Å². The van der Waals surface area contributed by atoms with Gasteiger partial charge in [-0.15, -0.1) is 6.42 Å². The van der Waals surface area contributed by atoms with Crippen molar-refractivity contribution in [2.75, 3.05) is 26.2 Å². The molecule has 8 heteroatoms. The summed E-state index contributed by atoms with van der Waals surface area (Å²) in [6.07, 6.45) is 8.14. The maximum atomic E-state index is 13.3. The summed E-state index contributed by atoms with van der Waals surface area (Å²) in [7, 11) is 0. The fourth-order valence-electron chi connectivity index (χ4n) is 4.39. The van der Waals surface area contributed by atoms with Gasteiger partial charge in [0.25, 0.3) is 0 Å². The van der Waals surface area contributed by atoms with E-state index in [0.29, 0.717) is 19.5 Å². The molecular formula is C24H33N5O3. The van der Waals surface area contributed by atoms with Crippen LogP contribution in [-0.4, -0.2) is 76.0 Å². The van der Waals surface area contributed by atoms with E-state index in [1.165, 1.54) is 0 Å². The number of carbonyl (C=O) groups excluding carboxylic acids is 3. The van der Waals surface area contributed by atoms with Gasteiger partial charge in [-0.05, 0) is 18.4 Å². The van der Waals surface area contributed by atoms with Gasteiger partial charge in [0.05, 0.1) is 19.6 Å². The molecule has 1 aromatic rings. The molecule has 3 rings (SSSR count). The number of piperazine rings is 1. The predicted molar refractivity (Wildman–Crippen MR) is 122 cm³/mol. The molecule has 32 heavy (non-hydrogen) atoms. The van der Waals surface area contributed by atoms with Gasteiger partial charge >= 0.3 is 6.03 Å². The minimum atomic E-state index is -0.577. The van der Waals surface area contributed by atoms with Crippen molar-refractivity contribution in [3.05, 3.63) is 35.9 Å². The normalized spacial score (nSPS) is 21.3. The molecule has 0 bridgehead atoms. The summed E-state index contributed by atoms with van der Waals surface area (Å²) < 4.78 is 0. The number of fused-ring (bicyclic) bond motifs is 1. The summed E-state index contributed by atoms with van der Waals surface area (Å²) >= 11 is 0. The lowest BCUT2D eigenvalue weighted by atomic mass is 10.0. The highest BCUT2D eigenvalue weighted by Crippen LogP contribution is 2.28. The maximum absolute atomic E-state index is 13.3. The van der Waals surface area contributed by atoms with Crippen molar-refractivity contribution >= 4 is 17.8 Å². The Morgan fingerprint density at radius 1 is 1.19 bits per heavy atom. The van der Waals surface area contributed by atoms with Crippen LogP contribution in [0.15, 0.2) is 30.3 Å². The molecule has 0 unspecified atom stereocenters. The molecule has 2 saturated heterocycles. The number of hydrogen-bond donors (Lipinski definition) is 1. The highest BCUT2D eigenvalue weighted by molar-refractivity contribution is 5.91. The quantitative estimate of drug-likeness (QED) is 0.629. The number of nitrogens with zero attached hydrogens (tertiary/aromatic N) is 4. The molecule has 0 spiro atoms. The molecule has 2 heterocycles. The van der Waals surface area contributed by atoms with Crippen molar-refractivity contribution in [2.45, 2.75) is 58.3 Å². The molecule has 2 aliphatic heterocycles. The Morgan fingerprint density at radius 3 is 2.59 bits per heavy atom. The van der Waals surface area contributed by atoms with Crippen LogP contribution in [0.3, 0.4) is 0 Å². The Balaban J connectivity index is 1.89. The molecule has 0 aromatic heterocycles. The number of hydrazine groups is 1. The van der Waals surface area contributed by atoms with Gasteiger partial charge in [-0.2, -0.15) is 5.01 Å². The number of amides is 4. The third-order valence-corrected chi connectivity index (χ3v) is 5.94. The average Bonchev–Trinajstić information content (AvgIpc) is 2.79. The fraction of sp³-hybridized carbons (Fsp3) is 0.542. The van der Waals surface area contributed by atoms with Crippen molar-refractivity contribution < 1.29 is 14.4 Å². The molecule has 1 N–H and O–H groups in total. The SMILES string of the molecule is C#CCN1CC(=O)N2[C@@H](CCC)C(=O)N(CCCC)C[C@@H]2N1C(=O)NCc1ccccc1. The number of nitrogens with one attached hydrogen (secondary N) is 1. The van der Waals surface area contributed by atoms with E-state index in [0.717, 1.165) is 24.8 Å². The Morgan fingerprint density at radius 2 is 1.94 bits per heavy atom. The zero-order chi connectivity index (χ0) is 23.1. The number of benzene rings is 1. The first-order chi connectivity index (χ1) is 15.5. The second kappa shape index (κ2) is 11.0. The van der Waals surface area contributed by atoms with Crippen LogP contribution < -0.4 is 5.32 Å². The number of urea groups is 1. The summed E-state index contributed by atoms with van der Waals surface area (Å²) in [5, 5.41) is 6.12. The lowest BCUT2D eigenvalue weighted by Crippen LogP contribution is -2.76. The molecule has 172 valence electrons. The van der Waals surface area contributed by atoms with E-state index in [1.807, 2.05) is 37.3 Å². The monoisotopic (exact) mass is 439 g/mol. The van der Waals surface area contributed by atoms with Gasteiger partial charge in [-0.3, -0.25) is 9.59 Å². The van der Waals surface area contributed by atoms with Gasteiger partial charge in [0, 0.05) is 13.1 Å². The minimum absolute atomic E-state index is 0.0259. The summed E-state index contributed by atoms with van der Waals surface area (Å²) in [5.41, 5.74) is 0.974. The first-order valence-electron chi connectivity index (χ1n) is 11.4. The number of rotatable bonds is 8. The van der Waals surface area contributed by atoms with Gasteiger partial charge < -0.3 is 15.1 Å². The van der Waals surface area contributed by atoms with Crippen LogP contribution in [0.25, 0.3) is 0 Å². The highest BCUT2D eigenvalue weighted by Gasteiger charge is 2.50. The van der Waals surface area contributed by atoms with Crippen LogP contribution in [0.4, 0.5) is 4.79 Å². The van der Waals surface area contributed by atoms with Gasteiger partial charge in [-0.1, -0.05) is 62.9 Å². The van der Waals surface area contributed by atoms with Gasteiger partial charge in [0.15, 0.2) is 0 Å². The molecule has 4 amide bonds. The predicted octanol–water partition coefficient (Wildman–Crippen LogP) is 2.03. The zero-order valence-corrected chi connectivity index (χ0v) is 19.0. The van der Waals surface area contributed by atoms with Gasteiger partial charge in [0.1, 0.15) is 12.2 Å². The van der Waals surface area contributed by atoms with E-state index in [2.05, 4.69) is 18.2 Å². The van der Waals surface area contributed by atoms with E-state index in [4.69, 9.17) is 6.42 Å². The minimum Gasteiger partial charge on any atom is -0.337 e. The number of terminal acetylenes is 1. The Kier molecular flexibility index (Phi) is 8.12. The van der Waals surface area contributed by atoms with Crippen LogP contribution in [-0.2, 0) is 16.1 Å². The number of hydrogen-bond acceptors (Lipinski definition) is 4. The maximum Gasteiger partial charge on any atom is 0.334 e. The van der Waals surface area contributed by atoms with Crippen LogP contribution in [0.1, 0.15) is 45.1 Å². The summed E-state index contributed by atoms with van der Waals surface area (Å²) in [6, 6.07) is 8.75. The van der Waals surface area contributed by atoms with Crippen LogP contribution >= 0.6 is 0 Å². The lowest BCUT2D eigenvalue weighted by Gasteiger charge is -2.55. The second-order valence-corrected chi connectivity index (χ2v) is 8.24. The fourth-order valence-corrected chi connectivity index (χ4v) is 4.39. The first-order valence-corrected chi connectivity index (χ1v) is 11.4. The second-order valence-electron chi connectivity index (χ2n) is 8.24. The topological polar surface area (TPSA) is 76.2 Å². The number of unbranched alkanes of at least 4 members (excludes halogenated alkanes) is 1. The third kappa shape index (κ3) is 5.05. The number of carbonyl (C=O) groups is 3. The Labute approximate surface area is 190 Å². The summed E-state index contributed by atoms with van der Waals surface area (Å²) in [4.78, 5) is 43.0. The largest absolute Gasteiger partial charge is 0.337 e. The highest BCUT2D eigenvalue weighted by atomic mass is 16.2. The molecule has 0 radical (unpaired) electrons. The third-order valence-electron chi connectivity index (χ3n) is 5.94. The molecular weight excluding hydrogens is 406 g/mol. The van der Waals surface area contributed by atoms with Crippen molar-refractivity contribution in [2.24, 2.45) is 0 Å². The zero-order valence-electron chi connectivity index (χ0n) is 19.0. The van der Waals surface area contributed by atoms with Crippen molar-refractivity contribution in [3.63, 3.8) is 0 Å². The molecule has 2 atom stereocenters. The van der Waals surface area contributed by atoms with Crippen LogP contribution in [0.5, 0.6) is 0 Å². The summed E-state index contributed by atoms with van der Waals surface area (Å²) in [6.45, 7) is 5.44. The van der Waals surface area contributed by atoms with Crippen LogP contribution in [0.2, 0.25) is 0 Å². The van der Waals surface area contributed by atoms with Crippen molar-refractivity contribution in [1.82, 2.24) is 25.1 Å². The molecule has 1 aromatic carbocycles. The first kappa shape index (κ1) is 23.6. The average molecular weight is 440 g/mol. The van der Waals surface area contributed by atoms with E-state index >= 15 is 0 Å². The Bertz CT molecular complexity index is 853. The standard InChI is InChI=1S/C24H33N5O3/c1-4-7-15-26-17-21-28(20(11-5-2)23(26)31)22(30)18-27(14-6-3)29(21)24(32)25-16-19-12-9-8-10-13-19/h3,8-10,12-13,20-21H,4-5,7,11,14-18H2,1-2H3,(H,25,32)/t20-,21-/m0/s1. The molecule has 2 fully saturated rings. The van der Waals surface area contributed by atoms with E-state index in [-0.39, 0.29) is 37.5 Å². The van der Waals surface area contributed by atoms with Gasteiger partial charge in [-0.25, -0.2) is 9.80 Å². The smallest absolute Gasteiger partial charge is 0.334 e. The summed E-state index contributed by atoms with van der Waals surface area (Å²) in [5.74, 6) is 2.36. The van der Waals surface area contributed by atoms with Crippen molar-refractivity contribution in [1.29, 1.82) is 0 Å². The molecule has 0 aliphatic carbocycles.